The molecule has 0 unspecified atom stereocenters. The summed E-state index contributed by atoms with van der Waals surface area (Å²) >= 11 is 0. The molecule has 0 saturated heterocycles. The Hall–Kier alpha value is -0.820. The van der Waals surface area contributed by atoms with Gasteiger partial charge in [-0.25, -0.2) is 0 Å². The van der Waals surface area contributed by atoms with E-state index in [4.69, 9.17) is 0 Å². The van der Waals surface area contributed by atoms with Gasteiger partial charge in [-0.3, -0.25) is 0 Å². The van der Waals surface area contributed by atoms with Crippen molar-refractivity contribution in [2.75, 3.05) is 0 Å². The van der Waals surface area contributed by atoms with Gasteiger partial charge in [0.15, 0.2) is 0 Å². The smallest absolute Gasteiger partial charge is 0.0896 e. The van der Waals surface area contributed by atoms with Gasteiger partial charge in [-0.2, -0.15) is 0 Å². The first-order valence-corrected chi connectivity index (χ1v) is 5.45. The van der Waals surface area contributed by atoms with E-state index in [-0.39, 0.29) is 0 Å². The summed E-state index contributed by atoms with van der Waals surface area (Å²) in [7, 11) is 0. The van der Waals surface area contributed by atoms with E-state index in [0.717, 1.165) is 24.8 Å². The molecule has 0 radical (unpaired) electrons. The van der Waals surface area contributed by atoms with Crippen LogP contribution in [0.3, 0.4) is 0 Å². The van der Waals surface area contributed by atoms with Gasteiger partial charge in [0.05, 0.1) is 5.60 Å². The lowest BCUT2D eigenvalue weighted by Gasteiger charge is -2.37. The zero-order valence-electron chi connectivity index (χ0n) is 8.96. The maximum absolute atomic E-state index is 10.1. The Morgan fingerprint density at radius 3 is 2.07 bits per heavy atom. The Balaban J connectivity index is 2.21. The highest BCUT2D eigenvalue weighted by Gasteiger charge is 2.35. The predicted octanol–water partition coefficient (Wildman–Crippen LogP) is 3.18. The number of aliphatic hydroxyl groups is 1. The minimum Gasteiger partial charge on any atom is -0.385 e. The van der Waals surface area contributed by atoms with Crippen LogP contribution in [-0.4, -0.2) is 5.11 Å². The summed E-state index contributed by atoms with van der Waals surface area (Å²) in [6, 6.07) is 8.43. The quantitative estimate of drug-likeness (QED) is 0.759. The minimum atomic E-state index is -0.504. The van der Waals surface area contributed by atoms with E-state index in [9.17, 15) is 5.11 Å². The Kier molecular flexibility index (Phi) is 2.36. The van der Waals surface area contributed by atoms with Gasteiger partial charge in [0.2, 0.25) is 0 Å². The molecule has 2 rings (SSSR count). The van der Waals surface area contributed by atoms with Crippen LogP contribution in [0.15, 0.2) is 24.3 Å². The fourth-order valence-corrected chi connectivity index (χ4v) is 1.98. The second-order valence-corrected chi connectivity index (χ2v) is 4.66. The summed E-state index contributed by atoms with van der Waals surface area (Å²) in [5, 5.41) is 10.1. The topological polar surface area (TPSA) is 20.2 Å². The molecule has 0 aliphatic heterocycles. The second-order valence-electron chi connectivity index (χ2n) is 4.66. The summed E-state index contributed by atoms with van der Waals surface area (Å²) in [5.41, 5.74) is 1.93. The molecule has 1 heteroatoms. The Morgan fingerprint density at radius 2 is 1.71 bits per heavy atom. The molecule has 0 atom stereocenters. The Labute approximate surface area is 85.8 Å². The van der Waals surface area contributed by atoms with E-state index in [1.807, 2.05) is 0 Å². The normalized spacial score (nSPS) is 19.4. The van der Waals surface area contributed by atoms with Gasteiger partial charge in [-0.05, 0) is 36.3 Å². The van der Waals surface area contributed by atoms with Crippen molar-refractivity contribution in [2.45, 2.75) is 44.6 Å². The van der Waals surface area contributed by atoms with E-state index < -0.39 is 5.60 Å². The average molecular weight is 190 g/mol. The predicted molar refractivity (Wildman–Crippen MR) is 58.3 cm³/mol. The van der Waals surface area contributed by atoms with Crippen LogP contribution in [0.25, 0.3) is 0 Å². The van der Waals surface area contributed by atoms with Gasteiger partial charge in [0, 0.05) is 0 Å². The molecule has 1 aliphatic carbocycles. The van der Waals surface area contributed by atoms with Crippen LogP contribution < -0.4 is 0 Å². The van der Waals surface area contributed by atoms with Crippen LogP contribution in [0.1, 0.15) is 50.2 Å². The third kappa shape index (κ3) is 1.57. The third-order valence-corrected chi connectivity index (χ3v) is 3.30. The third-order valence-electron chi connectivity index (χ3n) is 3.30. The van der Waals surface area contributed by atoms with Crippen LogP contribution >= 0.6 is 0 Å². The van der Waals surface area contributed by atoms with Gasteiger partial charge in [-0.1, -0.05) is 38.1 Å². The SMILES string of the molecule is CC(C)c1ccc(C2(O)CCC2)cc1. The lowest BCUT2D eigenvalue weighted by atomic mass is 9.75. The molecule has 1 nitrogen and oxygen atoms in total. The van der Waals surface area contributed by atoms with Crippen molar-refractivity contribution in [3.8, 4) is 0 Å². The number of rotatable bonds is 2. The highest BCUT2D eigenvalue weighted by atomic mass is 16.3. The number of benzene rings is 1. The molecule has 14 heavy (non-hydrogen) atoms. The maximum atomic E-state index is 10.1. The average Bonchev–Trinajstić information content (AvgIpc) is 2.14. The molecule has 0 amide bonds. The first-order chi connectivity index (χ1) is 6.62. The summed E-state index contributed by atoms with van der Waals surface area (Å²) in [5.74, 6) is 0.570. The molecule has 0 aromatic heterocycles. The van der Waals surface area contributed by atoms with Gasteiger partial charge < -0.3 is 5.11 Å². The highest BCUT2D eigenvalue weighted by molar-refractivity contribution is 5.29. The molecular formula is C13H18O. The lowest BCUT2D eigenvalue weighted by molar-refractivity contribution is -0.0388. The van der Waals surface area contributed by atoms with E-state index >= 15 is 0 Å². The minimum absolute atomic E-state index is 0.504. The van der Waals surface area contributed by atoms with Gasteiger partial charge in [0.25, 0.3) is 0 Å². The molecule has 1 fully saturated rings. The van der Waals surface area contributed by atoms with E-state index in [1.54, 1.807) is 0 Å². The monoisotopic (exact) mass is 190 g/mol. The van der Waals surface area contributed by atoms with Crippen molar-refractivity contribution in [1.82, 2.24) is 0 Å². The number of hydrogen-bond acceptors (Lipinski definition) is 1. The van der Waals surface area contributed by atoms with Crippen molar-refractivity contribution in [3.63, 3.8) is 0 Å². The van der Waals surface area contributed by atoms with Crippen molar-refractivity contribution >= 4 is 0 Å². The molecule has 0 spiro atoms. The van der Waals surface area contributed by atoms with Crippen LogP contribution in [0, 0.1) is 0 Å². The molecule has 1 aromatic carbocycles. The maximum Gasteiger partial charge on any atom is 0.0896 e. The van der Waals surface area contributed by atoms with Crippen LogP contribution in [0.5, 0.6) is 0 Å². The van der Waals surface area contributed by atoms with Crippen LogP contribution in [0.4, 0.5) is 0 Å². The molecule has 1 aromatic rings. The fraction of sp³-hybridized carbons (Fsp3) is 0.538. The Morgan fingerprint density at radius 1 is 1.14 bits per heavy atom. The van der Waals surface area contributed by atoms with Crippen molar-refractivity contribution < 1.29 is 5.11 Å². The first kappa shape index (κ1) is 9.72. The summed E-state index contributed by atoms with van der Waals surface area (Å²) in [4.78, 5) is 0. The first-order valence-electron chi connectivity index (χ1n) is 5.45. The summed E-state index contributed by atoms with van der Waals surface area (Å²) in [6.45, 7) is 4.38. The number of hydrogen-bond donors (Lipinski definition) is 1. The largest absolute Gasteiger partial charge is 0.385 e. The lowest BCUT2D eigenvalue weighted by Crippen LogP contribution is -2.33. The van der Waals surface area contributed by atoms with E-state index in [2.05, 4.69) is 38.1 Å². The van der Waals surface area contributed by atoms with Crippen molar-refractivity contribution in [1.29, 1.82) is 0 Å². The molecule has 0 bridgehead atoms. The van der Waals surface area contributed by atoms with Crippen LogP contribution in [0.2, 0.25) is 0 Å². The summed E-state index contributed by atoms with van der Waals surface area (Å²) < 4.78 is 0. The van der Waals surface area contributed by atoms with Gasteiger partial charge in [-0.15, -0.1) is 0 Å². The summed E-state index contributed by atoms with van der Waals surface area (Å²) in [6.07, 6.45) is 3.00. The standard InChI is InChI=1S/C13H18O/c1-10(2)11-4-6-12(7-5-11)13(14)8-3-9-13/h4-7,10,14H,3,8-9H2,1-2H3. The molecule has 0 heterocycles. The van der Waals surface area contributed by atoms with E-state index in [0.29, 0.717) is 5.92 Å². The van der Waals surface area contributed by atoms with Gasteiger partial charge >= 0.3 is 0 Å². The highest BCUT2D eigenvalue weighted by Crippen LogP contribution is 2.41. The molecular weight excluding hydrogens is 172 g/mol. The zero-order valence-corrected chi connectivity index (χ0v) is 8.96. The molecule has 1 saturated carbocycles. The van der Waals surface area contributed by atoms with E-state index in [1.165, 1.54) is 5.56 Å². The van der Waals surface area contributed by atoms with Crippen molar-refractivity contribution in [2.24, 2.45) is 0 Å². The van der Waals surface area contributed by atoms with Crippen LogP contribution in [-0.2, 0) is 5.60 Å². The van der Waals surface area contributed by atoms with Gasteiger partial charge in [0.1, 0.15) is 0 Å². The molecule has 1 N–H and O–H groups in total. The zero-order chi connectivity index (χ0) is 10.2. The molecule has 76 valence electrons. The second kappa shape index (κ2) is 3.39. The Bertz CT molecular complexity index is 307. The van der Waals surface area contributed by atoms with Crippen molar-refractivity contribution in [3.05, 3.63) is 35.4 Å². The molecule has 1 aliphatic rings. The fourth-order valence-electron chi connectivity index (χ4n) is 1.98.